The van der Waals surface area contributed by atoms with Gasteiger partial charge >= 0.3 is 0 Å². The summed E-state index contributed by atoms with van der Waals surface area (Å²) in [6.45, 7) is 0. The number of hydrogen-bond donors (Lipinski definition) is 1. The van der Waals surface area contributed by atoms with E-state index in [0.717, 1.165) is 11.5 Å². The predicted molar refractivity (Wildman–Crippen MR) is 85.2 cm³/mol. The van der Waals surface area contributed by atoms with Crippen LogP contribution in [0, 0.1) is 0 Å². The lowest BCUT2D eigenvalue weighted by atomic mass is 10.2. The van der Waals surface area contributed by atoms with Crippen LogP contribution in [-0.2, 0) is 25.3 Å². The molecule has 4 rings (SSSR count). The van der Waals surface area contributed by atoms with Crippen molar-refractivity contribution in [3.8, 4) is 17.3 Å². The van der Waals surface area contributed by atoms with Crippen LogP contribution in [0.1, 0.15) is 30.3 Å². The number of hydrogen-bond acceptors (Lipinski definition) is 5. The highest BCUT2D eigenvalue weighted by Crippen LogP contribution is 2.40. The highest BCUT2D eigenvalue weighted by Gasteiger charge is 2.28. The van der Waals surface area contributed by atoms with Gasteiger partial charge in [0.1, 0.15) is 5.69 Å². The van der Waals surface area contributed by atoms with E-state index in [4.69, 9.17) is 5.73 Å². The van der Waals surface area contributed by atoms with Gasteiger partial charge in [0, 0.05) is 31.8 Å². The van der Waals surface area contributed by atoms with Gasteiger partial charge in [0.25, 0.3) is 0 Å². The highest BCUT2D eigenvalue weighted by atomic mass is 16.1. The summed E-state index contributed by atoms with van der Waals surface area (Å²) < 4.78 is 5.24. The fourth-order valence-corrected chi connectivity index (χ4v) is 2.84. The molecule has 0 saturated heterocycles. The van der Waals surface area contributed by atoms with Gasteiger partial charge in [-0.3, -0.25) is 14.2 Å². The van der Waals surface area contributed by atoms with Crippen molar-refractivity contribution in [2.45, 2.75) is 25.2 Å². The first-order chi connectivity index (χ1) is 11.5. The van der Waals surface area contributed by atoms with E-state index >= 15 is 0 Å². The summed E-state index contributed by atoms with van der Waals surface area (Å²) in [6.07, 6.45) is 4.06. The zero-order valence-corrected chi connectivity index (χ0v) is 13.5. The molecule has 1 aliphatic rings. The monoisotopic (exact) mass is 326 g/mol. The molecule has 0 spiro atoms. The molecule has 24 heavy (non-hydrogen) atoms. The molecule has 1 aliphatic carbocycles. The lowest BCUT2D eigenvalue weighted by molar-refractivity contribution is -0.117. The summed E-state index contributed by atoms with van der Waals surface area (Å²) in [5.74, 6) is 1.80. The molecule has 0 unspecified atom stereocenters. The molecular formula is C15H18N8O. The van der Waals surface area contributed by atoms with Gasteiger partial charge in [0.15, 0.2) is 17.5 Å². The Kier molecular flexibility index (Phi) is 3.22. The third-order valence-corrected chi connectivity index (χ3v) is 4.14. The molecule has 0 bridgehead atoms. The normalized spacial score (nSPS) is 14.2. The number of amides is 1. The molecule has 3 aromatic rings. The Bertz CT molecular complexity index is 914. The predicted octanol–water partition coefficient (Wildman–Crippen LogP) is 0.306. The van der Waals surface area contributed by atoms with Gasteiger partial charge in [-0.05, 0) is 18.9 Å². The Hall–Kier alpha value is -2.97. The number of aromatic nitrogens is 7. The maximum atomic E-state index is 11.2. The van der Waals surface area contributed by atoms with E-state index in [2.05, 4.69) is 20.3 Å². The van der Waals surface area contributed by atoms with Crippen LogP contribution in [-0.4, -0.2) is 40.2 Å². The van der Waals surface area contributed by atoms with Gasteiger partial charge in [-0.1, -0.05) is 0 Å². The SMILES string of the molecule is Cn1nc(-c2nc(CC(N)=O)nn2-c2ccnn2C)cc1C1CC1. The molecule has 9 nitrogen and oxygen atoms in total. The Labute approximate surface area is 138 Å². The molecule has 124 valence electrons. The smallest absolute Gasteiger partial charge is 0.225 e. The molecule has 3 heterocycles. The molecular weight excluding hydrogens is 308 g/mol. The van der Waals surface area contributed by atoms with Gasteiger partial charge in [-0.2, -0.15) is 14.9 Å². The first kappa shape index (κ1) is 14.6. The standard InChI is InChI=1S/C15H18N8O/c1-21-11(9-3-4-9)7-10(19-21)15-18-13(8-12(16)24)20-23(15)14-5-6-17-22(14)2/h5-7,9H,3-4,8H2,1-2H3,(H2,16,24). The van der Waals surface area contributed by atoms with E-state index < -0.39 is 5.91 Å². The molecule has 1 amide bonds. The molecule has 0 radical (unpaired) electrons. The van der Waals surface area contributed by atoms with Crippen molar-refractivity contribution in [2.24, 2.45) is 19.8 Å². The van der Waals surface area contributed by atoms with Crippen LogP contribution in [0.25, 0.3) is 17.3 Å². The largest absolute Gasteiger partial charge is 0.369 e. The molecule has 3 aromatic heterocycles. The van der Waals surface area contributed by atoms with Gasteiger partial charge < -0.3 is 5.73 Å². The van der Waals surface area contributed by atoms with E-state index in [-0.39, 0.29) is 6.42 Å². The van der Waals surface area contributed by atoms with Crippen molar-refractivity contribution in [3.63, 3.8) is 0 Å². The molecule has 1 fully saturated rings. The maximum absolute atomic E-state index is 11.2. The van der Waals surface area contributed by atoms with E-state index in [0.29, 0.717) is 17.6 Å². The van der Waals surface area contributed by atoms with E-state index in [1.807, 2.05) is 30.9 Å². The molecule has 2 N–H and O–H groups in total. The van der Waals surface area contributed by atoms with Gasteiger partial charge in [-0.25, -0.2) is 4.98 Å². The van der Waals surface area contributed by atoms with Crippen molar-refractivity contribution in [2.75, 3.05) is 0 Å². The topological polar surface area (TPSA) is 109 Å². The fraction of sp³-hybridized carbons (Fsp3) is 0.400. The summed E-state index contributed by atoms with van der Waals surface area (Å²) in [5, 5.41) is 13.2. The van der Waals surface area contributed by atoms with Crippen molar-refractivity contribution in [1.29, 1.82) is 0 Å². The summed E-state index contributed by atoms with van der Waals surface area (Å²) in [6, 6.07) is 3.87. The average Bonchev–Trinajstić information content (AvgIpc) is 2.95. The van der Waals surface area contributed by atoms with E-state index in [1.165, 1.54) is 18.5 Å². The number of rotatable bonds is 5. The van der Waals surface area contributed by atoms with Crippen molar-refractivity contribution < 1.29 is 4.79 Å². The number of nitrogens with zero attached hydrogens (tertiary/aromatic N) is 7. The molecule has 0 aromatic carbocycles. The summed E-state index contributed by atoms with van der Waals surface area (Å²) in [7, 11) is 3.76. The second-order valence-electron chi connectivity index (χ2n) is 6.07. The van der Waals surface area contributed by atoms with Crippen LogP contribution in [0.2, 0.25) is 0 Å². The zero-order valence-electron chi connectivity index (χ0n) is 13.5. The Morgan fingerprint density at radius 2 is 2.08 bits per heavy atom. The van der Waals surface area contributed by atoms with Crippen LogP contribution >= 0.6 is 0 Å². The quantitative estimate of drug-likeness (QED) is 0.725. The van der Waals surface area contributed by atoms with Crippen molar-refractivity contribution in [1.82, 2.24) is 34.3 Å². The van der Waals surface area contributed by atoms with Crippen molar-refractivity contribution >= 4 is 5.91 Å². The average molecular weight is 326 g/mol. The molecule has 0 aliphatic heterocycles. The zero-order chi connectivity index (χ0) is 16.8. The number of primary amides is 1. The fourth-order valence-electron chi connectivity index (χ4n) is 2.84. The van der Waals surface area contributed by atoms with Crippen LogP contribution < -0.4 is 5.73 Å². The molecule has 9 heteroatoms. The van der Waals surface area contributed by atoms with Crippen LogP contribution in [0.5, 0.6) is 0 Å². The summed E-state index contributed by atoms with van der Waals surface area (Å²) in [4.78, 5) is 15.7. The summed E-state index contributed by atoms with van der Waals surface area (Å²) in [5.41, 5.74) is 7.20. The Morgan fingerprint density at radius 3 is 2.71 bits per heavy atom. The Morgan fingerprint density at radius 1 is 1.29 bits per heavy atom. The third-order valence-electron chi connectivity index (χ3n) is 4.14. The minimum Gasteiger partial charge on any atom is -0.369 e. The first-order valence-electron chi connectivity index (χ1n) is 7.80. The van der Waals surface area contributed by atoms with Crippen LogP contribution in [0.4, 0.5) is 0 Å². The highest BCUT2D eigenvalue weighted by molar-refractivity contribution is 5.75. The van der Waals surface area contributed by atoms with E-state index in [1.54, 1.807) is 15.6 Å². The lowest BCUT2D eigenvalue weighted by Crippen LogP contribution is -2.15. The van der Waals surface area contributed by atoms with Crippen molar-refractivity contribution in [3.05, 3.63) is 29.8 Å². The minimum absolute atomic E-state index is 0.0137. The second kappa shape index (κ2) is 5.29. The van der Waals surface area contributed by atoms with Crippen LogP contribution in [0.15, 0.2) is 18.3 Å². The Balaban J connectivity index is 1.83. The third kappa shape index (κ3) is 2.47. The summed E-state index contributed by atoms with van der Waals surface area (Å²) >= 11 is 0. The number of carbonyl (C=O) groups excluding carboxylic acids is 1. The lowest BCUT2D eigenvalue weighted by Gasteiger charge is -2.03. The molecule has 1 saturated carbocycles. The number of aryl methyl sites for hydroxylation is 2. The van der Waals surface area contributed by atoms with E-state index in [9.17, 15) is 4.79 Å². The van der Waals surface area contributed by atoms with Crippen LogP contribution in [0.3, 0.4) is 0 Å². The van der Waals surface area contributed by atoms with Gasteiger partial charge in [-0.15, -0.1) is 5.10 Å². The maximum Gasteiger partial charge on any atom is 0.225 e. The van der Waals surface area contributed by atoms with Gasteiger partial charge in [0.2, 0.25) is 5.91 Å². The minimum atomic E-state index is -0.469. The first-order valence-corrected chi connectivity index (χ1v) is 7.80. The van der Waals surface area contributed by atoms with Gasteiger partial charge in [0.05, 0.1) is 12.6 Å². The second-order valence-corrected chi connectivity index (χ2v) is 6.07. The molecule has 0 atom stereocenters. The number of nitrogens with two attached hydrogens (primary N) is 1. The number of carbonyl (C=O) groups is 1.